The molecule has 0 radical (unpaired) electrons. The lowest BCUT2D eigenvalue weighted by molar-refractivity contribution is -0.129. The molecular weight excluding hydrogens is 252 g/mol. The highest BCUT2D eigenvalue weighted by molar-refractivity contribution is 5.38. The lowest BCUT2D eigenvalue weighted by atomic mass is 10.1. The Bertz CT molecular complexity index is 449. The highest BCUT2D eigenvalue weighted by Crippen LogP contribution is 2.14. The van der Waals surface area contributed by atoms with E-state index in [4.69, 9.17) is 9.47 Å². The maximum absolute atomic E-state index is 10.1. The standard InChI is InChI=1S/C17H22O3/c1-3-7-15(2)8-4-5-11-20-17-10-6-9-16(12-17)13-19-14-18/h3,5-7,9-12,14-15H,4,8,13H2,1-2H3/b7-3-,11-5+. The number of ether oxygens (including phenoxy) is 2. The van der Waals surface area contributed by atoms with E-state index in [1.807, 2.05) is 37.3 Å². The van der Waals surface area contributed by atoms with Crippen molar-refractivity contribution >= 4 is 6.47 Å². The van der Waals surface area contributed by atoms with Gasteiger partial charge in [0, 0.05) is 0 Å². The summed E-state index contributed by atoms with van der Waals surface area (Å²) < 4.78 is 10.2. The predicted octanol–water partition coefficient (Wildman–Crippen LogP) is 4.24. The molecule has 0 bridgehead atoms. The first-order valence-corrected chi connectivity index (χ1v) is 6.85. The van der Waals surface area contributed by atoms with E-state index in [1.54, 1.807) is 6.26 Å². The van der Waals surface area contributed by atoms with Crippen LogP contribution in [0.5, 0.6) is 5.75 Å². The first-order chi connectivity index (χ1) is 9.76. The minimum Gasteiger partial charge on any atom is -0.465 e. The van der Waals surface area contributed by atoms with Gasteiger partial charge in [-0.2, -0.15) is 0 Å². The van der Waals surface area contributed by atoms with Crippen LogP contribution in [-0.4, -0.2) is 6.47 Å². The monoisotopic (exact) mass is 274 g/mol. The second kappa shape index (κ2) is 9.84. The second-order valence-corrected chi connectivity index (χ2v) is 4.62. The van der Waals surface area contributed by atoms with Crippen molar-refractivity contribution in [3.63, 3.8) is 0 Å². The maximum atomic E-state index is 10.1. The number of carbonyl (C=O) groups is 1. The summed E-state index contributed by atoms with van der Waals surface area (Å²) in [6.07, 6.45) is 10.1. The van der Waals surface area contributed by atoms with Crippen LogP contribution in [0.15, 0.2) is 48.8 Å². The fraction of sp³-hybridized carbons (Fsp3) is 0.353. The van der Waals surface area contributed by atoms with Crippen molar-refractivity contribution in [3.8, 4) is 5.75 Å². The van der Waals surface area contributed by atoms with Crippen molar-refractivity contribution in [1.29, 1.82) is 0 Å². The SMILES string of the molecule is C/C=C\C(C)CC/C=C/Oc1cccc(COC=O)c1. The Morgan fingerprint density at radius 1 is 1.35 bits per heavy atom. The molecule has 0 aliphatic rings. The third-order valence-corrected chi connectivity index (χ3v) is 2.83. The summed E-state index contributed by atoms with van der Waals surface area (Å²) in [5.74, 6) is 1.34. The van der Waals surface area contributed by atoms with Gasteiger partial charge >= 0.3 is 0 Å². The molecule has 3 nitrogen and oxygen atoms in total. The molecule has 0 heterocycles. The van der Waals surface area contributed by atoms with Gasteiger partial charge in [-0.25, -0.2) is 0 Å². The topological polar surface area (TPSA) is 35.5 Å². The molecule has 1 rings (SSSR count). The van der Waals surface area contributed by atoms with Crippen molar-refractivity contribution in [2.75, 3.05) is 0 Å². The number of allylic oxidation sites excluding steroid dienone is 3. The van der Waals surface area contributed by atoms with Crippen LogP contribution in [0.3, 0.4) is 0 Å². The fourth-order valence-electron chi connectivity index (χ4n) is 1.82. The Labute approximate surface area is 120 Å². The number of carbonyl (C=O) groups excluding carboxylic acids is 1. The van der Waals surface area contributed by atoms with E-state index in [0.717, 1.165) is 24.2 Å². The van der Waals surface area contributed by atoms with E-state index in [2.05, 4.69) is 19.1 Å². The third kappa shape index (κ3) is 6.78. The average molecular weight is 274 g/mol. The van der Waals surface area contributed by atoms with Crippen LogP contribution < -0.4 is 4.74 Å². The summed E-state index contributed by atoms with van der Waals surface area (Å²) in [5.41, 5.74) is 0.907. The number of hydrogen-bond donors (Lipinski definition) is 0. The molecule has 1 aromatic carbocycles. The Kier molecular flexibility index (Phi) is 7.89. The molecule has 108 valence electrons. The van der Waals surface area contributed by atoms with Crippen LogP contribution in [0, 0.1) is 5.92 Å². The van der Waals surface area contributed by atoms with Gasteiger partial charge in [0.15, 0.2) is 0 Å². The Morgan fingerprint density at radius 2 is 2.20 bits per heavy atom. The third-order valence-electron chi connectivity index (χ3n) is 2.83. The molecule has 0 saturated carbocycles. The molecular formula is C17H22O3. The molecule has 1 aromatic rings. The highest BCUT2D eigenvalue weighted by Gasteiger charge is 1.96. The van der Waals surface area contributed by atoms with Gasteiger partial charge in [0.1, 0.15) is 12.4 Å². The molecule has 0 aliphatic heterocycles. The average Bonchev–Trinajstić information content (AvgIpc) is 2.45. The summed E-state index contributed by atoms with van der Waals surface area (Å²) in [7, 11) is 0. The summed E-state index contributed by atoms with van der Waals surface area (Å²) >= 11 is 0. The van der Waals surface area contributed by atoms with Gasteiger partial charge in [-0.3, -0.25) is 4.79 Å². The summed E-state index contributed by atoms with van der Waals surface area (Å²) in [6, 6.07) is 7.49. The van der Waals surface area contributed by atoms with Crippen LogP contribution >= 0.6 is 0 Å². The van der Waals surface area contributed by atoms with E-state index < -0.39 is 0 Å². The summed E-state index contributed by atoms with van der Waals surface area (Å²) in [5, 5.41) is 0. The van der Waals surface area contributed by atoms with Crippen molar-refractivity contribution in [2.45, 2.75) is 33.3 Å². The van der Waals surface area contributed by atoms with Crippen molar-refractivity contribution in [3.05, 3.63) is 54.3 Å². The molecule has 0 saturated heterocycles. The fourth-order valence-corrected chi connectivity index (χ4v) is 1.82. The van der Waals surface area contributed by atoms with Gasteiger partial charge in [0.25, 0.3) is 6.47 Å². The van der Waals surface area contributed by atoms with Crippen LogP contribution in [0.2, 0.25) is 0 Å². The van der Waals surface area contributed by atoms with Crippen LogP contribution in [-0.2, 0) is 16.1 Å². The predicted molar refractivity (Wildman–Crippen MR) is 80.3 cm³/mol. The van der Waals surface area contributed by atoms with Crippen LogP contribution in [0.25, 0.3) is 0 Å². The molecule has 0 spiro atoms. The number of rotatable bonds is 9. The van der Waals surface area contributed by atoms with E-state index in [1.165, 1.54) is 0 Å². The lowest BCUT2D eigenvalue weighted by Gasteiger charge is -2.04. The lowest BCUT2D eigenvalue weighted by Crippen LogP contribution is -1.91. The minimum absolute atomic E-state index is 0.269. The van der Waals surface area contributed by atoms with Crippen LogP contribution in [0.4, 0.5) is 0 Å². The first kappa shape index (κ1) is 16.0. The highest BCUT2D eigenvalue weighted by atomic mass is 16.5. The zero-order valence-electron chi connectivity index (χ0n) is 12.1. The van der Waals surface area contributed by atoms with Crippen molar-refractivity contribution in [2.24, 2.45) is 5.92 Å². The van der Waals surface area contributed by atoms with Gasteiger partial charge in [-0.05, 0) is 49.5 Å². The van der Waals surface area contributed by atoms with Gasteiger partial charge in [-0.15, -0.1) is 0 Å². The Hall–Kier alpha value is -2.03. The summed E-state index contributed by atoms with van der Waals surface area (Å²) in [6.45, 7) is 4.95. The van der Waals surface area contributed by atoms with Gasteiger partial charge in [0.2, 0.25) is 0 Å². The molecule has 0 fully saturated rings. The van der Waals surface area contributed by atoms with Gasteiger partial charge < -0.3 is 9.47 Å². The normalized spacial score (nSPS) is 12.7. The van der Waals surface area contributed by atoms with E-state index in [0.29, 0.717) is 12.4 Å². The molecule has 0 N–H and O–H groups in total. The Balaban J connectivity index is 2.35. The molecule has 20 heavy (non-hydrogen) atoms. The van der Waals surface area contributed by atoms with Crippen molar-refractivity contribution < 1.29 is 14.3 Å². The van der Waals surface area contributed by atoms with E-state index in [9.17, 15) is 4.79 Å². The quantitative estimate of drug-likeness (QED) is 0.384. The minimum atomic E-state index is 0.269. The van der Waals surface area contributed by atoms with Gasteiger partial charge in [-0.1, -0.05) is 31.2 Å². The molecule has 0 aromatic heterocycles. The van der Waals surface area contributed by atoms with E-state index >= 15 is 0 Å². The van der Waals surface area contributed by atoms with Gasteiger partial charge in [0.05, 0.1) is 6.26 Å². The zero-order valence-corrected chi connectivity index (χ0v) is 12.1. The first-order valence-electron chi connectivity index (χ1n) is 6.85. The molecule has 0 aliphatic carbocycles. The van der Waals surface area contributed by atoms with Crippen LogP contribution in [0.1, 0.15) is 32.3 Å². The Morgan fingerprint density at radius 3 is 2.95 bits per heavy atom. The molecule has 1 atom stereocenters. The summed E-state index contributed by atoms with van der Waals surface area (Å²) in [4.78, 5) is 10.1. The molecule has 3 heteroatoms. The largest absolute Gasteiger partial charge is 0.465 e. The molecule has 1 unspecified atom stereocenters. The number of hydrogen-bond acceptors (Lipinski definition) is 3. The zero-order chi connectivity index (χ0) is 14.6. The van der Waals surface area contributed by atoms with Crippen molar-refractivity contribution in [1.82, 2.24) is 0 Å². The molecule has 0 amide bonds. The second-order valence-electron chi connectivity index (χ2n) is 4.62. The van der Waals surface area contributed by atoms with E-state index in [-0.39, 0.29) is 6.61 Å². The number of benzene rings is 1. The maximum Gasteiger partial charge on any atom is 0.293 e. The smallest absolute Gasteiger partial charge is 0.293 e.